The average Bonchev–Trinajstić information content (AvgIpc) is 2.92. The first-order valence-corrected chi connectivity index (χ1v) is 15.7. The van der Waals surface area contributed by atoms with Gasteiger partial charge in [-0.05, 0) is 97.5 Å². The van der Waals surface area contributed by atoms with E-state index in [0.29, 0.717) is 22.5 Å². The Morgan fingerprint density at radius 1 is 0.500 bits per heavy atom. The summed E-state index contributed by atoms with van der Waals surface area (Å²) in [6, 6.07) is 13.0. The van der Waals surface area contributed by atoms with Crippen LogP contribution < -0.4 is 22.9 Å². The molecule has 0 aromatic heterocycles. The molecule has 10 N–H and O–H groups in total. The number of hydrogen-bond acceptors (Lipinski definition) is 12. The molecule has 0 amide bonds. The Kier molecular flexibility index (Phi) is 8.48. The molecule has 14 nitrogen and oxygen atoms in total. The number of hydrogen-bond donors (Lipinski definition) is 6. The molecule has 0 saturated heterocycles. The summed E-state index contributed by atoms with van der Waals surface area (Å²) in [4.78, 5) is -1.01. The molecule has 0 spiro atoms. The van der Waals surface area contributed by atoms with E-state index >= 15 is 0 Å². The summed E-state index contributed by atoms with van der Waals surface area (Å²) in [5.41, 5.74) is 28.5. The zero-order valence-electron chi connectivity index (χ0n) is 24.1. The van der Waals surface area contributed by atoms with E-state index in [1.54, 1.807) is 38.1 Å². The number of benzene rings is 4. The van der Waals surface area contributed by atoms with Crippen LogP contribution in [0.15, 0.2) is 78.8 Å². The van der Waals surface area contributed by atoms with Gasteiger partial charge < -0.3 is 22.9 Å². The first-order chi connectivity index (χ1) is 20.4. The lowest BCUT2D eigenvalue weighted by Gasteiger charge is -2.12. The number of nitrogens with two attached hydrogens (primary N) is 4. The van der Waals surface area contributed by atoms with Gasteiger partial charge in [-0.2, -0.15) is 27.1 Å². The molecule has 4 rings (SSSR count). The third kappa shape index (κ3) is 6.37. The average molecular weight is 639 g/mol. The Morgan fingerprint density at radius 3 is 1.14 bits per heavy atom. The Labute approximate surface area is 254 Å². The van der Waals surface area contributed by atoms with Gasteiger partial charge in [-0.1, -0.05) is 12.1 Å². The van der Waals surface area contributed by atoms with Crippen LogP contribution in [0.1, 0.15) is 22.3 Å². The van der Waals surface area contributed by atoms with E-state index in [1.807, 2.05) is 26.0 Å². The van der Waals surface area contributed by atoms with Crippen molar-refractivity contribution in [2.75, 3.05) is 22.9 Å². The minimum absolute atomic E-state index is 0.0664. The maximum absolute atomic E-state index is 11.7. The highest BCUT2D eigenvalue weighted by molar-refractivity contribution is 7.86. The third-order valence-corrected chi connectivity index (χ3v) is 8.68. The fraction of sp³-hybridized carbons (Fsp3) is 0.143. The van der Waals surface area contributed by atoms with Crippen molar-refractivity contribution in [3.8, 4) is 11.1 Å². The standard InChI is InChI=1S/C28H30N8O6S2/c1-13-9-17(33-35-27-23(29)15(3)11-21(25(27)31)43(37,38)39)5-7-19(13)20-8-6-18(10-14(20)2)34-36-28-24(30)16(4)12-22(26(28)32)44(40,41)42/h5-12H,29-32H2,1-4H3,(H,37,38,39)(H,40,41,42). The molecule has 44 heavy (non-hydrogen) atoms. The number of anilines is 4. The summed E-state index contributed by atoms with van der Waals surface area (Å²) in [6.45, 7) is 6.87. The minimum Gasteiger partial charge on any atom is -0.397 e. The lowest BCUT2D eigenvalue weighted by molar-refractivity contribution is 0.481. The van der Waals surface area contributed by atoms with E-state index < -0.39 is 30.0 Å². The van der Waals surface area contributed by atoms with Crippen LogP contribution in [0.4, 0.5) is 45.5 Å². The van der Waals surface area contributed by atoms with Crippen molar-refractivity contribution in [1.29, 1.82) is 0 Å². The van der Waals surface area contributed by atoms with E-state index in [2.05, 4.69) is 20.5 Å². The van der Waals surface area contributed by atoms with Crippen molar-refractivity contribution in [2.45, 2.75) is 37.5 Å². The summed E-state index contributed by atoms with van der Waals surface area (Å²) in [6.07, 6.45) is 0. The number of nitrogens with zero attached hydrogens (tertiary/aromatic N) is 4. The molecule has 0 heterocycles. The zero-order chi connectivity index (χ0) is 32.7. The molecule has 0 saturated carbocycles. The number of azo groups is 2. The van der Waals surface area contributed by atoms with Crippen LogP contribution in [0.2, 0.25) is 0 Å². The number of nitrogen functional groups attached to an aromatic ring is 4. The Bertz CT molecular complexity index is 1960. The van der Waals surface area contributed by atoms with Crippen molar-refractivity contribution in [3.05, 3.63) is 70.8 Å². The zero-order valence-corrected chi connectivity index (χ0v) is 25.7. The molecule has 0 bridgehead atoms. The first-order valence-electron chi connectivity index (χ1n) is 12.8. The predicted octanol–water partition coefficient (Wildman–Crippen LogP) is 6.24. The maximum atomic E-state index is 11.7. The van der Waals surface area contributed by atoms with Crippen LogP contribution in [0, 0.1) is 27.7 Å². The predicted molar refractivity (Wildman–Crippen MR) is 169 cm³/mol. The largest absolute Gasteiger partial charge is 0.397 e. The maximum Gasteiger partial charge on any atom is 0.296 e. The monoisotopic (exact) mass is 638 g/mol. The highest BCUT2D eigenvalue weighted by atomic mass is 32.2. The molecular weight excluding hydrogens is 608 g/mol. The van der Waals surface area contributed by atoms with Gasteiger partial charge in [-0.25, -0.2) is 0 Å². The van der Waals surface area contributed by atoms with E-state index in [9.17, 15) is 25.9 Å². The van der Waals surface area contributed by atoms with Crippen molar-refractivity contribution < 1.29 is 25.9 Å². The summed E-state index contributed by atoms with van der Waals surface area (Å²) >= 11 is 0. The first kappa shape index (κ1) is 32.0. The van der Waals surface area contributed by atoms with Crippen molar-refractivity contribution >= 4 is 65.7 Å². The van der Waals surface area contributed by atoms with Gasteiger partial charge in [0.2, 0.25) is 0 Å². The van der Waals surface area contributed by atoms with E-state index in [0.717, 1.165) is 22.3 Å². The molecule has 0 fully saturated rings. The quantitative estimate of drug-likeness (QED) is 0.0753. The van der Waals surface area contributed by atoms with Gasteiger partial charge in [0.15, 0.2) is 0 Å². The Hall–Kier alpha value is -4.90. The van der Waals surface area contributed by atoms with Crippen LogP contribution in [-0.2, 0) is 20.2 Å². The molecule has 0 aliphatic heterocycles. The molecule has 0 aliphatic rings. The highest BCUT2D eigenvalue weighted by Gasteiger charge is 2.22. The fourth-order valence-electron chi connectivity index (χ4n) is 4.48. The van der Waals surface area contributed by atoms with E-state index in [-0.39, 0.29) is 34.1 Å². The van der Waals surface area contributed by atoms with Crippen LogP contribution in [0.25, 0.3) is 11.1 Å². The topological polar surface area (TPSA) is 262 Å². The molecule has 4 aromatic carbocycles. The molecule has 230 valence electrons. The van der Waals surface area contributed by atoms with Gasteiger partial charge in [0.05, 0.1) is 34.1 Å². The molecule has 0 aliphatic carbocycles. The molecule has 0 atom stereocenters. The van der Waals surface area contributed by atoms with Gasteiger partial charge in [0.1, 0.15) is 21.2 Å². The van der Waals surface area contributed by atoms with Crippen LogP contribution in [-0.4, -0.2) is 25.9 Å². The van der Waals surface area contributed by atoms with Crippen molar-refractivity contribution in [3.63, 3.8) is 0 Å². The smallest absolute Gasteiger partial charge is 0.296 e. The summed E-state index contributed by atoms with van der Waals surface area (Å²) < 4.78 is 65.8. The second kappa shape index (κ2) is 11.6. The second-order valence-electron chi connectivity index (χ2n) is 10.1. The van der Waals surface area contributed by atoms with Gasteiger partial charge in [0.25, 0.3) is 20.2 Å². The summed E-state index contributed by atoms with van der Waals surface area (Å²) in [5.74, 6) is 0. The molecule has 16 heteroatoms. The van der Waals surface area contributed by atoms with Gasteiger partial charge >= 0.3 is 0 Å². The number of rotatable bonds is 7. The van der Waals surface area contributed by atoms with Crippen molar-refractivity contribution in [1.82, 2.24) is 0 Å². The third-order valence-electron chi connectivity index (χ3n) is 6.89. The van der Waals surface area contributed by atoms with E-state index in [4.69, 9.17) is 22.9 Å². The van der Waals surface area contributed by atoms with Crippen LogP contribution >= 0.6 is 0 Å². The lowest BCUT2D eigenvalue weighted by atomic mass is 9.96. The SMILES string of the molecule is Cc1cc(N=Nc2c(N)c(C)cc(S(=O)(=O)O)c2N)ccc1-c1ccc(N=Nc2c(N)c(C)cc(S(=O)(=O)O)c2N)cc1C. The Balaban J connectivity index is 1.64. The molecule has 4 aromatic rings. The Morgan fingerprint density at radius 2 is 0.841 bits per heavy atom. The lowest BCUT2D eigenvalue weighted by Crippen LogP contribution is -2.06. The number of aryl methyl sites for hydroxylation is 4. The van der Waals surface area contributed by atoms with Gasteiger partial charge in [-0.3, -0.25) is 9.11 Å². The molecule has 0 radical (unpaired) electrons. The normalized spacial score (nSPS) is 12.4. The van der Waals surface area contributed by atoms with Crippen LogP contribution in [0.3, 0.4) is 0 Å². The minimum atomic E-state index is -4.60. The molecule has 0 unspecified atom stereocenters. The van der Waals surface area contributed by atoms with Gasteiger partial charge in [0, 0.05) is 0 Å². The van der Waals surface area contributed by atoms with Crippen molar-refractivity contribution in [2.24, 2.45) is 20.5 Å². The summed E-state index contributed by atoms with van der Waals surface area (Å²) in [7, 11) is -9.19. The van der Waals surface area contributed by atoms with Gasteiger partial charge in [-0.15, -0.1) is 10.2 Å². The summed E-state index contributed by atoms with van der Waals surface area (Å²) in [5, 5.41) is 16.5. The highest BCUT2D eigenvalue weighted by Crippen LogP contribution is 2.40. The van der Waals surface area contributed by atoms with Crippen LogP contribution in [0.5, 0.6) is 0 Å². The second-order valence-corrected chi connectivity index (χ2v) is 12.9. The molecular formula is C28H30N8O6S2. The van der Waals surface area contributed by atoms with E-state index in [1.165, 1.54) is 12.1 Å². The fourth-order valence-corrected chi connectivity index (χ4v) is 5.88.